The van der Waals surface area contributed by atoms with E-state index >= 15 is 0 Å². The number of rotatable bonds is 4. The number of nitrogens with zero attached hydrogens (tertiary/aromatic N) is 2. The number of hydrazine groups is 1. The van der Waals surface area contributed by atoms with Crippen LogP contribution in [-0.2, 0) is 4.74 Å². The Labute approximate surface area is 120 Å². The summed E-state index contributed by atoms with van der Waals surface area (Å²) in [6.45, 7) is 9.80. The smallest absolute Gasteiger partial charge is 0.148 e. The Kier molecular flexibility index (Phi) is 4.45. The van der Waals surface area contributed by atoms with Gasteiger partial charge in [0.15, 0.2) is 0 Å². The van der Waals surface area contributed by atoms with Crippen molar-refractivity contribution in [2.24, 2.45) is 5.84 Å². The molecule has 1 fully saturated rings. The van der Waals surface area contributed by atoms with Crippen molar-refractivity contribution in [1.82, 2.24) is 9.97 Å². The van der Waals surface area contributed by atoms with E-state index in [-0.39, 0.29) is 11.5 Å². The zero-order chi connectivity index (χ0) is 14.8. The Morgan fingerprint density at radius 1 is 1.30 bits per heavy atom. The van der Waals surface area contributed by atoms with Crippen molar-refractivity contribution < 1.29 is 4.74 Å². The summed E-state index contributed by atoms with van der Waals surface area (Å²) in [4.78, 5) is 9.09. The Hall–Kier alpha value is -1.40. The van der Waals surface area contributed by atoms with Crippen LogP contribution in [0.4, 0.5) is 11.6 Å². The third kappa shape index (κ3) is 3.19. The molecule has 1 aromatic rings. The van der Waals surface area contributed by atoms with Crippen molar-refractivity contribution in [3.8, 4) is 0 Å². The Balaban J connectivity index is 2.32. The van der Waals surface area contributed by atoms with Crippen LogP contribution in [0, 0.1) is 6.92 Å². The van der Waals surface area contributed by atoms with Gasteiger partial charge in [0.25, 0.3) is 0 Å². The maximum Gasteiger partial charge on any atom is 0.148 e. The van der Waals surface area contributed by atoms with E-state index < -0.39 is 0 Å². The fourth-order valence-corrected chi connectivity index (χ4v) is 2.37. The molecule has 0 bridgehead atoms. The topological polar surface area (TPSA) is 85.1 Å². The molecule has 0 saturated carbocycles. The van der Waals surface area contributed by atoms with E-state index in [1.165, 1.54) is 0 Å². The van der Waals surface area contributed by atoms with Gasteiger partial charge in [0.05, 0.1) is 12.1 Å². The van der Waals surface area contributed by atoms with E-state index in [2.05, 4.69) is 41.5 Å². The summed E-state index contributed by atoms with van der Waals surface area (Å²) in [5, 5.41) is 3.52. The molecule has 6 heteroatoms. The second-order valence-corrected chi connectivity index (χ2v) is 6.04. The van der Waals surface area contributed by atoms with Gasteiger partial charge in [0.1, 0.15) is 17.5 Å². The summed E-state index contributed by atoms with van der Waals surface area (Å²) in [6.07, 6.45) is 2.13. The minimum Gasteiger partial charge on any atom is -0.379 e. The second-order valence-electron chi connectivity index (χ2n) is 6.04. The molecular formula is C14H25N5O. The van der Waals surface area contributed by atoms with E-state index in [1.807, 2.05) is 6.92 Å². The highest BCUT2D eigenvalue weighted by Crippen LogP contribution is 2.28. The van der Waals surface area contributed by atoms with Crippen LogP contribution in [0.2, 0.25) is 0 Å². The molecule has 0 aliphatic carbocycles. The van der Waals surface area contributed by atoms with E-state index in [4.69, 9.17) is 10.6 Å². The largest absolute Gasteiger partial charge is 0.379 e. The molecule has 0 radical (unpaired) electrons. The van der Waals surface area contributed by atoms with Crippen LogP contribution in [0.15, 0.2) is 0 Å². The van der Waals surface area contributed by atoms with E-state index in [0.717, 1.165) is 36.7 Å². The van der Waals surface area contributed by atoms with Crippen molar-refractivity contribution in [1.29, 1.82) is 0 Å². The molecule has 6 nitrogen and oxygen atoms in total. The van der Waals surface area contributed by atoms with Gasteiger partial charge in [-0.3, -0.25) is 0 Å². The summed E-state index contributed by atoms with van der Waals surface area (Å²) in [6, 6.07) is 0. The second kappa shape index (κ2) is 5.93. The van der Waals surface area contributed by atoms with Gasteiger partial charge in [-0.2, -0.15) is 0 Å². The highest BCUT2D eigenvalue weighted by Gasteiger charge is 2.29. The normalized spacial score (nSPS) is 22.9. The fourth-order valence-electron chi connectivity index (χ4n) is 2.37. The van der Waals surface area contributed by atoms with Crippen molar-refractivity contribution >= 4 is 11.6 Å². The van der Waals surface area contributed by atoms with E-state index in [1.54, 1.807) is 0 Å². The van der Waals surface area contributed by atoms with Gasteiger partial charge in [0, 0.05) is 18.1 Å². The number of anilines is 2. The summed E-state index contributed by atoms with van der Waals surface area (Å²) in [5.41, 5.74) is 3.51. The molecule has 0 spiro atoms. The van der Waals surface area contributed by atoms with Crippen LogP contribution in [0.3, 0.4) is 0 Å². The number of hydrogen-bond acceptors (Lipinski definition) is 6. The van der Waals surface area contributed by atoms with Gasteiger partial charge in [-0.05, 0) is 26.7 Å². The SMILES string of the molecule is Cc1c(NN)nc(C(C)C)nc1NC1(C)CCCOC1. The molecule has 0 amide bonds. The lowest BCUT2D eigenvalue weighted by Gasteiger charge is -2.35. The highest BCUT2D eigenvalue weighted by atomic mass is 16.5. The van der Waals surface area contributed by atoms with Crippen molar-refractivity contribution in [3.05, 3.63) is 11.4 Å². The molecule has 1 aliphatic rings. The average molecular weight is 279 g/mol. The van der Waals surface area contributed by atoms with E-state index in [0.29, 0.717) is 12.4 Å². The summed E-state index contributed by atoms with van der Waals surface area (Å²) >= 11 is 0. The van der Waals surface area contributed by atoms with Crippen LogP contribution in [-0.4, -0.2) is 28.7 Å². The van der Waals surface area contributed by atoms with Gasteiger partial charge in [-0.25, -0.2) is 15.8 Å². The fraction of sp³-hybridized carbons (Fsp3) is 0.714. The lowest BCUT2D eigenvalue weighted by molar-refractivity contribution is 0.0538. The number of nitrogens with two attached hydrogens (primary N) is 1. The van der Waals surface area contributed by atoms with Crippen LogP contribution < -0.4 is 16.6 Å². The number of nitrogens with one attached hydrogen (secondary N) is 2. The maximum atomic E-state index is 5.59. The number of nitrogen functional groups attached to an aromatic ring is 1. The molecule has 1 saturated heterocycles. The summed E-state index contributed by atoms with van der Waals surface area (Å²) < 4.78 is 5.59. The molecule has 2 heterocycles. The first-order valence-corrected chi connectivity index (χ1v) is 7.16. The minimum absolute atomic E-state index is 0.0858. The maximum absolute atomic E-state index is 5.59. The molecule has 20 heavy (non-hydrogen) atoms. The van der Waals surface area contributed by atoms with Crippen LogP contribution in [0.5, 0.6) is 0 Å². The Bertz CT molecular complexity index is 469. The predicted molar refractivity (Wildman–Crippen MR) is 80.7 cm³/mol. The Morgan fingerprint density at radius 3 is 2.55 bits per heavy atom. The molecule has 1 unspecified atom stereocenters. The van der Waals surface area contributed by atoms with Gasteiger partial charge in [0.2, 0.25) is 0 Å². The lowest BCUT2D eigenvalue weighted by atomic mass is 9.94. The summed E-state index contributed by atoms with van der Waals surface area (Å²) in [7, 11) is 0. The van der Waals surface area contributed by atoms with Gasteiger partial charge >= 0.3 is 0 Å². The lowest BCUT2D eigenvalue weighted by Crippen LogP contribution is -2.43. The van der Waals surface area contributed by atoms with Crippen molar-refractivity contribution in [2.45, 2.75) is 52.0 Å². The quantitative estimate of drug-likeness (QED) is 0.578. The molecule has 4 N–H and O–H groups in total. The van der Waals surface area contributed by atoms with Gasteiger partial charge in [-0.1, -0.05) is 13.8 Å². The first-order chi connectivity index (χ1) is 9.45. The monoisotopic (exact) mass is 279 g/mol. The molecule has 112 valence electrons. The van der Waals surface area contributed by atoms with Crippen LogP contribution in [0.25, 0.3) is 0 Å². The minimum atomic E-state index is -0.0858. The zero-order valence-electron chi connectivity index (χ0n) is 12.8. The summed E-state index contributed by atoms with van der Waals surface area (Å²) in [5.74, 6) is 8.10. The third-order valence-corrected chi connectivity index (χ3v) is 3.67. The van der Waals surface area contributed by atoms with E-state index in [9.17, 15) is 0 Å². The molecule has 2 rings (SSSR count). The zero-order valence-corrected chi connectivity index (χ0v) is 12.8. The molecule has 1 aromatic heterocycles. The number of aromatic nitrogens is 2. The highest BCUT2D eigenvalue weighted by molar-refractivity contribution is 5.58. The van der Waals surface area contributed by atoms with Gasteiger partial charge < -0.3 is 15.5 Å². The predicted octanol–water partition coefficient (Wildman–Crippen LogP) is 2.18. The molecule has 1 atom stereocenters. The number of hydrogen-bond donors (Lipinski definition) is 3. The average Bonchev–Trinajstić information content (AvgIpc) is 2.41. The van der Waals surface area contributed by atoms with Crippen molar-refractivity contribution in [2.75, 3.05) is 24.0 Å². The first-order valence-electron chi connectivity index (χ1n) is 7.16. The van der Waals surface area contributed by atoms with Crippen LogP contribution >= 0.6 is 0 Å². The molecule has 0 aromatic carbocycles. The van der Waals surface area contributed by atoms with Gasteiger partial charge in [-0.15, -0.1) is 0 Å². The third-order valence-electron chi connectivity index (χ3n) is 3.67. The molecule has 1 aliphatic heterocycles. The van der Waals surface area contributed by atoms with Crippen molar-refractivity contribution in [3.63, 3.8) is 0 Å². The number of ether oxygens (including phenoxy) is 1. The van der Waals surface area contributed by atoms with Crippen LogP contribution in [0.1, 0.15) is 50.9 Å². The first kappa shape index (κ1) is 15.0. The molecular weight excluding hydrogens is 254 g/mol. The Morgan fingerprint density at radius 2 is 2.00 bits per heavy atom. The standard InChI is InChI=1S/C14H25N5O/c1-9(2)11-16-12(10(3)13(17-11)19-15)18-14(4)6-5-7-20-8-14/h9H,5-8,15H2,1-4H3,(H2,16,17,18,19).